The zero-order chi connectivity index (χ0) is 56.9. The van der Waals surface area contributed by atoms with Crippen molar-refractivity contribution in [2.45, 2.75) is 102 Å². The molecule has 0 spiro atoms. The minimum Gasteiger partial charge on any atom is -0.465 e. The van der Waals surface area contributed by atoms with Crippen LogP contribution in [-0.4, -0.2) is 155 Å². The van der Waals surface area contributed by atoms with Gasteiger partial charge < -0.3 is 40.5 Å². The van der Waals surface area contributed by atoms with Crippen molar-refractivity contribution in [3.63, 3.8) is 0 Å². The summed E-state index contributed by atoms with van der Waals surface area (Å²) in [7, 11) is 0.838. The number of hydrogen-bond acceptors (Lipinski definition) is 12. The number of carboxylic acid groups (broad SMARTS) is 1. The Labute approximate surface area is 443 Å². The van der Waals surface area contributed by atoms with Crippen molar-refractivity contribution < 1.29 is 74.0 Å². The second-order valence-electron chi connectivity index (χ2n) is 20.5. The lowest BCUT2D eigenvalue weighted by Gasteiger charge is -2.42. The van der Waals surface area contributed by atoms with Crippen LogP contribution in [0.5, 0.6) is 0 Å². The highest BCUT2D eigenvalue weighted by Gasteiger charge is 2.57. The van der Waals surface area contributed by atoms with Crippen LogP contribution in [0.4, 0.5) is 50.5 Å². The Kier molecular flexibility index (Phi) is 17.9. The number of alkyl carbamates (subject to hydrolysis) is 1. The van der Waals surface area contributed by atoms with Gasteiger partial charge in [-0.1, -0.05) is 24.0 Å². The number of nitrogens with one attached hydrogen (secondary N) is 4. The number of halogens is 8. The summed E-state index contributed by atoms with van der Waals surface area (Å²) in [6.45, 7) is 4.99. The monoisotopic (exact) mass is 1100 g/mol. The fourth-order valence-electron chi connectivity index (χ4n) is 8.69. The molecule has 2 aliphatic heterocycles. The fourth-order valence-corrected chi connectivity index (χ4v) is 8.69. The smallest absolute Gasteiger partial charge is 0.407 e. The number of carbonyl (C=O) groups is 4. The van der Waals surface area contributed by atoms with Crippen LogP contribution in [0.2, 0.25) is 0 Å². The van der Waals surface area contributed by atoms with E-state index in [9.17, 15) is 55.7 Å². The first-order valence-electron chi connectivity index (χ1n) is 24.8. The molecule has 422 valence electrons. The Morgan fingerprint density at radius 3 is 1.92 bits per heavy atom. The highest BCUT2D eigenvalue weighted by Crippen LogP contribution is 2.42. The number of aliphatic hydroxyl groups is 1. The lowest BCUT2D eigenvalue weighted by atomic mass is 9.82. The number of aliphatic hydroxyl groups excluding tert-OH is 1. The first-order chi connectivity index (χ1) is 36.6. The number of amides is 4. The van der Waals surface area contributed by atoms with Gasteiger partial charge in [-0.05, 0) is 95.0 Å². The highest BCUT2D eigenvalue weighted by molar-refractivity contribution is 5.87. The number of rotatable bonds is 19. The van der Waals surface area contributed by atoms with Gasteiger partial charge in [0.25, 0.3) is 5.91 Å². The maximum atomic E-state index is 16.1. The molecule has 2 saturated heterocycles. The van der Waals surface area contributed by atoms with Crippen molar-refractivity contribution in [1.29, 1.82) is 0 Å². The number of pyridine rings is 1. The summed E-state index contributed by atoms with van der Waals surface area (Å²) >= 11 is 0. The van der Waals surface area contributed by atoms with E-state index in [1.165, 1.54) is 23.5 Å². The molecule has 1 saturated carbocycles. The molecule has 2 aromatic carbocycles. The maximum absolute atomic E-state index is 16.1. The second kappa shape index (κ2) is 23.9. The summed E-state index contributed by atoms with van der Waals surface area (Å²) in [4.78, 5) is 61.3. The highest BCUT2D eigenvalue weighted by atomic mass is 19.4. The summed E-state index contributed by atoms with van der Waals surface area (Å²) in [6, 6.07) is 6.96. The van der Waals surface area contributed by atoms with Gasteiger partial charge in [-0.2, -0.15) is 31.4 Å². The number of carbonyl (C=O) groups excluding carboxylic acids is 3. The molecule has 1 aliphatic carbocycles. The number of aromatic nitrogens is 3. The van der Waals surface area contributed by atoms with Gasteiger partial charge in [-0.25, -0.2) is 28.4 Å². The molecule has 3 fully saturated rings. The molecule has 4 atom stereocenters. The summed E-state index contributed by atoms with van der Waals surface area (Å²) in [5, 5.41) is 32.2. The zero-order valence-electron chi connectivity index (χ0n) is 43.1. The van der Waals surface area contributed by atoms with E-state index in [4.69, 9.17) is 4.74 Å². The van der Waals surface area contributed by atoms with Gasteiger partial charge in [0.05, 0.1) is 61.1 Å². The minimum atomic E-state index is -5.23. The van der Waals surface area contributed by atoms with Crippen LogP contribution in [0, 0.1) is 34.3 Å². The molecular formula is C52H60F8N10O8. The standard InChI is InChI=1S/C52H60F8N10O8/c1-49(2,51(55,56)57)43(64-48(76)77-5)45(72)62-40(22-31-9-6-30(7-10-31)8-11-32-12-15-42(61-25-32)68-20-18-67(19-21-68)35-28-78-29-35)41(71)27-69(66-46(73)44(63-47(74)75)50(3,4)52(58,59)60)26-36-37(53)23-33(24-38(36)54)39-16-17-70(65-39)34-13-14-34/h6-7,9-10,12,15-17,23-25,34-35,40-41,43-44,63,71H,13-14,18-22,26-29H2,1-5H3,(H,62,72)(H,64,76)(H,66,73)(H,74,75). The largest absolute Gasteiger partial charge is 0.465 e. The van der Waals surface area contributed by atoms with Crippen molar-refractivity contribution in [3.8, 4) is 23.1 Å². The topological polar surface area (TPSA) is 216 Å². The van der Waals surface area contributed by atoms with Crippen LogP contribution >= 0.6 is 0 Å². The molecule has 4 aromatic rings. The number of piperazine rings is 1. The Morgan fingerprint density at radius 1 is 0.808 bits per heavy atom. The molecule has 4 unspecified atom stereocenters. The molecule has 7 rings (SSSR count). The van der Waals surface area contributed by atoms with Crippen molar-refractivity contribution in [2.24, 2.45) is 10.8 Å². The summed E-state index contributed by atoms with van der Waals surface area (Å²) in [5.74, 6) is 1.13. The predicted octanol–water partition coefficient (Wildman–Crippen LogP) is 5.94. The third-order valence-corrected chi connectivity index (χ3v) is 14.2. The van der Waals surface area contributed by atoms with E-state index in [-0.39, 0.29) is 17.3 Å². The van der Waals surface area contributed by atoms with E-state index < -0.39 is 108 Å². The van der Waals surface area contributed by atoms with Gasteiger partial charge in [0.1, 0.15) is 29.5 Å². The molecule has 0 radical (unpaired) electrons. The number of ether oxygens (including phenoxy) is 2. The third kappa shape index (κ3) is 14.1. The molecule has 18 nitrogen and oxygen atoms in total. The number of alkyl halides is 6. The first kappa shape index (κ1) is 58.6. The normalized spacial score (nSPS) is 17.2. The Bertz CT molecular complexity index is 2820. The van der Waals surface area contributed by atoms with Crippen LogP contribution < -0.4 is 26.3 Å². The Hall–Kier alpha value is -7.08. The Balaban J connectivity index is 1.17. The maximum Gasteiger partial charge on any atom is 0.407 e. The van der Waals surface area contributed by atoms with Crippen molar-refractivity contribution in [2.75, 3.05) is 57.9 Å². The van der Waals surface area contributed by atoms with Crippen LogP contribution in [0.25, 0.3) is 11.3 Å². The number of methoxy groups -OCH3 is 1. The molecule has 3 aliphatic rings. The van der Waals surface area contributed by atoms with E-state index in [1.54, 1.807) is 29.2 Å². The molecule has 4 heterocycles. The van der Waals surface area contributed by atoms with Crippen LogP contribution in [0.1, 0.15) is 68.8 Å². The molecule has 78 heavy (non-hydrogen) atoms. The quantitative estimate of drug-likeness (QED) is 0.0365. The zero-order valence-corrected chi connectivity index (χ0v) is 43.1. The van der Waals surface area contributed by atoms with E-state index >= 15 is 8.78 Å². The second-order valence-corrected chi connectivity index (χ2v) is 20.5. The summed E-state index contributed by atoms with van der Waals surface area (Å²) in [6.07, 6.45) is -11.4. The van der Waals surface area contributed by atoms with Crippen LogP contribution in [0.15, 0.2) is 67.0 Å². The lowest BCUT2D eigenvalue weighted by molar-refractivity contribution is -0.221. The molecular weight excluding hydrogens is 1040 g/mol. The summed E-state index contributed by atoms with van der Waals surface area (Å²) < 4.78 is 131. The van der Waals surface area contributed by atoms with Crippen molar-refractivity contribution in [3.05, 3.63) is 101 Å². The van der Waals surface area contributed by atoms with Crippen molar-refractivity contribution in [1.82, 2.24) is 46.0 Å². The SMILES string of the molecule is COC(=O)NC(C(=O)NC(Cc1ccc(C#Cc2ccc(N3CCN(C4COC4)CC3)nc2)cc1)C(O)CN(Cc1c(F)cc(-c2ccn(C3CC3)n2)cc1F)NC(=O)C(NC(=O)O)C(C)(C)C(F)(F)F)C(C)(C)C(F)(F)F. The molecule has 26 heteroatoms. The van der Waals surface area contributed by atoms with E-state index in [0.29, 0.717) is 55.4 Å². The van der Waals surface area contributed by atoms with E-state index in [0.717, 1.165) is 77.3 Å². The van der Waals surface area contributed by atoms with Gasteiger partial charge >= 0.3 is 24.5 Å². The number of nitrogens with zero attached hydrogens (tertiary/aromatic N) is 6. The lowest BCUT2D eigenvalue weighted by Crippen LogP contribution is -2.63. The fraction of sp³-hybridized carbons (Fsp3) is 0.500. The van der Waals surface area contributed by atoms with Gasteiger partial charge in [0, 0.05) is 73.9 Å². The minimum absolute atomic E-state index is 0.00977. The van der Waals surface area contributed by atoms with Gasteiger partial charge in [-0.3, -0.25) is 24.6 Å². The average molecular weight is 1110 g/mol. The molecule has 6 N–H and O–H groups in total. The number of hydrazine groups is 1. The van der Waals surface area contributed by atoms with E-state index in [2.05, 4.69) is 41.8 Å². The average Bonchev–Trinajstić information content (AvgIpc) is 4.11. The number of anilines is 1. The molecule has 2 aromatic heterocycles. The van der Waals surface area contributed by atoms with E-state index in [1.807, 2.05) is 22.9 Å². The van der Waals surface area contributed by atoms with Crippen molar-refractivity contribution >= 4 is 29.8 Å². The Morgan fingerprint density at radius 2 is 1.40 bits per heavy atom. The third-order valence-electron chi connectivity index (χ3n) is 14.2. The van der Waals surface area contributed by atoms with Gasteiger partial charge in [-0.15, -0.1) is 0 Å². The van der Waals surface area contributed by atoms with Crippen LogP contribution in [-0.2, 0) is 32.0 Å². The van der Waals surface area contributed by atoms with Gasteiger partial charge in [0.2, 0.25) is 5.91 Å². The number of hydrogen-bond donors (Lipinski definition) is 6. The number of benzene rings is 2. The molecule has 4 amide bonds. The van der Waals surface area contributed by atoms with Crippen LogP contribution in [0.3, 0.4) is 0 Å². The predicted molar refractivity (Wildman–Crippen MR) is 265 cm³/mol. The van der Waals surface area contributed by atoms with Gasteiger partial charge in [0.15, 0.2) is 0 Å². The molecule has 0 bridgehead atoms. The summed E-state index contributed by atoms with van der Waals surface area (Å²) in [5.41, 5.74) is -3.36. The first-order valence-corrected chi connectivity index (χ1v) is 24.8.